The van der Waals surface area contributed by atoms with E-state index in [1.54, 1.807) is 14.2 Å². The third-order valence-electron chi connectivity index (χ3n) is 4.23. The van der Waals surface area contributed by atoms with Crippen LogP contribution in [0.2, 0.25) is 0 Å². The summed E-state index contributed by atoms with van der Waals surface area (Å²) in [5.74, 6) is 2.25. The molecule has 0 aromatic heterocycles. The molecule has 0 radical (unpaired) electrons. The van der Waals surface area contributed by atoms with Crippen molar-refractivity contribution in [1.82, 2.24) is 0 Å². The molecule has 0 aliphatic carbocycles. The number of ether oxygens (including phenoxy) is 2. The lowest BCUT2D eigenvalue weighted by molar-refractivity contribution is -0.879. The van der Waals surface area contributed by atoms with Crippen LogP contribution < -0.4 is 26.8 Å². The van der Waals surface area contributed by atoms with Crippen molar-refractivity contribution >= 4 is 10.8 Å². The molecule has 0 saturated carbocycles. The van der Waals surface area contributed by atoms with E-state index >= 15 is 0 Å². The van der Waals surface area contributed by atoms with Gasteiger partial charge in [0.15, 0.2) is 11.5 Å². The Morgan fingerprint density at radius 2 is 1.65 bits per heavy atom. The van der Waals surface area contributed by atoms with Gasteiger partial charge in [-0.1, -0.05) is 24.3 Å². The molecule has 0 bridgehead atoms. The molecule has 26 heavy (non-hydrogen) atoms. The average molecular weight is 398 g/mol. The van der Waals surface area contributed by atoms with Gasteiger partial charge in [-0.2, -0.15) is 0 Å². The molecular weight excluding hydrogens is 370 g/mol. The van der Waals surface area contributed by atoms with Gasteiger partial charge >= 0.3 is 0 Å². The zero-order valence-electron chi connectivity index (χ0n) is 15.7. The molecule has 0 heterocycles. The summed E-state index contributed by atoms with van der Waals surface area (Å²) in [5.41, 5.74) is 1.24. The monoisotopic (exact) mass is 397 g/mol. The highest BCUT2D eigenvalue weighted by Crippen LogP contribution is 2.27. The molecule has 2 aromatic rings. The molecule has 0 spiro atoms. The molecule has 1 N–H and O–H groups in total. The van der Waals surface area contributed by atoms with Crippen molar-refractivity contribution in [3.63, 3.8) is 0 Å². The summed E-state index contributed by atoms with van der Waals surface area (Å²) in [6.07, 6.45) is 1.94. The number of methoxy groups -OCH3 is 2. The molecule has 2 rings (SSSR count). The molecular formula is C20H28ClNO3S. The van der Waals surface area contributed by atoms with Gasteiger partial charge in [0.25, 0.3) is 0 Å². The van der Waals surface area contributed by atoms with E-state index < -0.39 is 10.8 Å². The number of quaternary nitrogens is 1. The fraction of sp³-hybridized carbons (Fsp3) is 0.400. The molecule has 0 saturated heterocycles. The summed E-state index contributed by atoms with van der Waals surface area (Å²) in [5, 5.41) is 0. The quantitative estimate of drug-likeness (QED) is 0.557. The highest BCUT2D eigenvalue weighted by Gasteiger charge is 2.09. The zero-order chi connectivity index (χ0) is 18.1. The highest BCUT2D eigenvalue weighted by atomic mass is 35.5. The van der Waals surface area contributed by atoms with Crippen molar-refractivity contribution in [3.8, 4) is 11.5 Å². The van der Waals surface area contributed by atoms with Gasteiger partial charge in [0, 0.05) is 23.5 Å². The first kappa shape index (κ1) is 22.5. The summed E-state index contributed by atoms with van der Waals surface area (Å²) in [4.78, 5) is 2.37. The van der Waals surface area contributed by atoms with Crippen molar-refractivity contribution in [2.24, 2.45) is 0 Å². The minimum absolute atomic E-state index is 0. The largest absolute Gasteiger partial charge is 1.00 e. The Kier molecular flexibility index (Phi) is 10.3. The van der Waals surface area contributed by atoms with Crippen molar-refractivity contribution in [3.05, 3.63) is 54.1 Å². The van der Waals surface area contributed by atoms with E-state index in [1.807, 2.05) is 42.5 Å². The second-order valence-corrected chi connectivity index (χ2v) is 7.68. The summed E-state index contributed by atoms with van der Waals surface area (Å²) in [6.45, 7) is 2.05. The number of hydrogen-bond acceptors (Lipinski definition) is 3. The smallest absolute Gasteiger partial charge is 0.160 e. The Morgan fingerprint density at radius 1 is 0.962 bits per heavy atom. The number of benzene rings is 2. The number of hydrogen-bond donors (Lipinski definition) is 1. The summed E-state index contributed by atoms with van der Waals surface area (Å²) >= 11 is 0. The molecule has 6 heteroatoms. The number of rotatable bonds is 10. The molecule has 0 fully saturated rings. The summed E-state index contributed by atoms with van der Waals surface area (Å²) < 4.78 is 22.8. The normalized spacial score (nSPS) is 12.7. The number of nitrogens with one attached hydrogen (secondary N) is 1. The van der Waals surface area contributed by atoms with Crippen LogP contribution in [0.4, 0.5) is 0 Å². The Morgan fingerprint density at radius 3 is 2.31 bits per heavy atom. The van der Waals surface area contributed by atoms with Gasteiger partial charge < -0.3 is 26.8 Å². The zero-order valence-corrected chi connectivity index (χ0v) is 17.2. The third-order valence-corrected chi connectivity index (χ3v) is 5.69. The Hall–Kier alpha value is -1.56. The second kappa shape index (κ2) is 11.9. The van der Waals surface area contributed by atoms with E-state index in [9.17, 15) is 4.21 Å². The summed E-state index contributed by atoms with van der Waals surface area (Å²) in [6, 6.07) is 15.8. The predicted octanol–water partition coefficient (Wildman–Crippen LogP) is -1.04. The number of likely N-dealkylation sites (N-methyl/N-ethyl adjacent to an activating group) is 1. The van der Waals surface area contributed by atoms with Crippen LogP contribution in [0.5, 0.6) is 11.5 Å². The lowest BCUT2D eigenvalue weighted by Gasteiger charge is -2.15. The van der Waals surface area contributed by atoms with Gasteiger partial charge in [-0.05, 0) is 29.8 Å². The van der Waals surface area contributed by atoms with Gasteiger partial charge in [0.05, 0.1) is 45.2 Å². The lowest BCUT2D eigenvalue weighted by Crippen LogP contribution is -3.09. The van der Waals surface area contributed by atoms with Crippen molar-refractivity contribution in [2.45, 2.75) is 17.7 Å². The van der Waals surface area contributed by atoms with E-state index in [-0.39, 0.29) is 12.4 Å². The van der Waals surface area contributed by atoms with Crippen LogP contribution in [-0.4, -0.2) is 44.3 Å². The van der Waals surface area contributed by atoms with E-state index in [0.29, 0.717) is 0 Å². The first-order valence-electron chi connectivity index (χ1n) is 8.59. The fourth-order valence-corrected chi connectivity index (χ4v) is 3.82. The minimum Gasteiger partial charge on any atom is -1.00 e. The molecule has 0 aliphatic rings. The molecule has 0 amide bonds. The average Bonchev–Trinajstić information content (AvgIpc) is 2.66. The Bertz CT molecular complexity index is 682. The van der Waals surface area contributed by atoms with Crippen LogP contribution in [0.1, 0.15) is 12.0 Å². The van der Waals surface area contributed by atoms with Crippen molar-refractivity contribution in [2.75, 3.05) is 40.1 Å². The summed E-state index contributed by atoms with van der Waals surface area (Å²) in [7, 11) is 4.60. The van der Waals surface area contributed by atoms with E-state index in [0.717, 1.165) is 48.1 Å². The van der Waals surface area contributed by atoms with Crippen LogP contribution in [0.15, 0.2) is 53.4 Å². The number of halogens is 1. The first-order chi connectivity index (χ1) is 12.1. The first-order valence-corrected chi connectivity index (χ1v) is 9.91. The molecule has 2 unspecified atom stereocenters. The van der Waals surface area contributed by atoms with Gasteiger partial charge in [0.2, 0.25) is 0 Å². The Labute approximate surface area is 165 Å². The standard InChI is InChI=1S/C20H27NO3S.ClH/c1-21(13-7-15-25(22)18-8-5-4-6-9-18)14-12-17-10-11-19(23-2)20(16-17)24-3;/h4-6,8-11,16H,7,12-15H2,1-3H3;1H. The van der Waals surface area contributed by atoms with Crippen LogP contribution >= 0.6 is 0 Å². The van der Waals surface area contributed by atoms with Crippen LogP contribution in [0, 0.1) is 0 Å². The van der Waals surface area contributed by atoms with Gasteiger partial charge in [-0.25, -0.2) is 0 Å². The van der Waals surface area contributed by atoms with Crippen LogP contribution in [-0.2, 0) is 17.2 Å². The predicted molar refractivity (Wildman–Crippen MR) is 102 cm³/mol. The molecule has 4 nitrogen and oxygen atoms in total. The molecule has 0 aliphatic heterocycles. The second-order valence-electron chi connectivity index (χ2n) is 6.11. The SMILES string of the molecule is COc1ccc(CC[NH+](C)CCCS(=O)c2ccccc2)cc1OC.[Cl-]. The minimum atomic E-state index is -0.892. The highest BCUT2D eigenvalue weighted by molar-refractivity contribution is 7.85. The maximum absolute atomic E-state index is 12.2. The third kappa shape index (κ3) is 6.98. The maximum atomic E-state index is 12.2. The topological polar surface area (TPSA) is 40.0 Å². The van der Waals surface area contributed by atoms with Gasteiger partial charge in [-0.15, -0.1) is 0 Å². The van der Waals surface area contributed by atoms with E-state index in [4.69, 9.17) is 9.47 Å². The lowest BCUT2D eigenvalue weighted by atomic mass is 10.1. The van der Waals surface area contributed by atoms with Gasteiger partial charge in [-0.3, -0.25) is 4.21 Å². The van der Waals surface area contributed by atoms with E-state index in [2.05, 4.69) is 13.1 Å². The van der Waals surface area contributed by atoms with Crippen LogP contribution in [0.25, 0.3) is 0 Å². The van der Waals surface area contributed by atoms with Gasteiger partial charge in [0.1, 0.15) is 0 Å². The van der Waals surface area contributed by atoms with Crippen LogP contribution in [0.3, 0.4) is 0 Å². The fourth-order valence-electron chi connectivity index (χ4n) is 2.71. The van der Waals surface area contributed by atoms with Crippen molar-refractivity contribution in [1.29, 1.82) is 0 Å². The molecule has 2 atom stereocenters. The molecule has 144 valence electrons. The maximum Gasteiger partial charge on any atom is 0.160 e. The van der Waals surface area contributed by atoms with Crippen molar-refractivity contribution < 1.29 is 31.0 Å². The molecule has 2 aromatic carbocycles. The Balaban J connectivity index is 0.00000338. The van der Waals surface area contributed by atoms with E-state index in [1.165, 1.54) is 10.5 Å².